The molecule has 31 heavy (non-hydrogen) atoms. The van der Waals surface area contributed by atoms with Crippen LogP contribution in [0.25, 0.3) is 22.2 Å². The van der Waals surface area contributed by atoms with Crippen molar-refractivity contribution in [1.29, 1.82) is 0 Å². The molecule has 6 heteroatoms. The largest absolute Gasteiger partial charge is 0.497 e. The molecule has 0 aliphatic rings. The molecule has 0 unspecified atom stereocenters. The van der Waals surface area contributed by atoms with E-state index < -0.39 is 0 Å². The molecule has 1 amide bonds. The number of thioether (sulfide) groups is 1. The van der Waals surface area contributed by atoms with Crippen LogP contribution in [-0.4, -0.2) is 30.3 Å². The highest BCUT2D eigenvalue weighted by atomic mass is 79.9. The van der Waals surface area contributed by atoms with Crippen molar-refractivity contribution < 1.29 is 9.53 Å². The number of amides is 1. The fraction of sp³-hybridized carbons (Fsp3) is 0.160. The summed E-state index contributed by atoms with van der Waals surface area (Å²) < 4.78 is 6.22. The maximum absolute atomic E-state index is 12.3. The molecule has 0 saturated heterocycles. The molecule has 0 saturated carbocycles. The average Bonchev–Trinajstić information content (AvgIpc) is 3.16. The molecule has 4 nitrogen and oxygen atoms in total. The molecule has 0 spiro atoms. The number of H-pyrrole nitrogens is 1. The summed E-state index contributed by atoms with van der Waals surface area (Å²) in [6.07, 6.45) is 0.367. The van der Waals surface area contributed by atoms with E-state index in [0.29, 0.717) is 13.0 Å². The number of nitrogens with one attached hydrogen (secondary N) is 2. The predicted molar refractivity (Wildman–Crippen MR) is 132 cm³/mol. The normalized spacial score (nSPS) is 10.9. The summed E-state index contributed by atoms with van der Waals surface area (Å²) >= 11 is 5.27. The van der Waals surface area contributed by atoms with Gasteiger partial charge in [0, 0.05) is 32.6 Å². The van der Waals surface area contributed by atoms with Gasteiger partial charge in [-0.05, 0) is 41.5 Å². The van der Waals surface area contributed by atoms with E-state index in [0.717, 1.165) is 38.3 Å². The van der Waals surface area contributed by atoms with Gasteiger partial charge in [-0.1, -0.05) is 58.4 Å². The average molecular weight is 495 g/mol. The van der Waals surface area contributed by atoms with Gasteiger partial charge < -0.3 is 15.0 Å². The summed E-state index contributed by atoms with van der Waals surface area (Å²) in [5.41, 5.74) is 4.35. The standard InChI is InChI=1S/C25H23BrN2O2S/c1-30-20-12-6-17(7-13-20)16-23(29)27-14-15-31-25-21-4-2-3-5-22(21)28-24(25)18-8-10-19(26)11-9-18/h2-13,28H,14-16H2,1H3,(H,27,29). The highest BCUT2D eigenvalue weighted by Crippen LogP contribution is 2.37. The van der Waals surface area contributed by atoms with Crippen molar-refractivity contribution in [3.8, 4) is 17.0 Å². The molecular weight excluding hydrogens is 472 g/mol. The lowest BCUT2D eigenvalue weighted by molar-refractivity contribution is -0.120. The van der Waals surface area contributed by atoms with E-state index >= 15 is 0 Å². The van der Waals surface area contributed by atoms with E-state index in [1.165, 1.54) is 10.3 Å². The topological polar surface area (TPSA) is 54.1 Å². The van der Waals surface area contributed by atoms with E-state index in [1.807, 2.05) is 30.3 Å². The number of halogens is 1. The molecule has 4 aromatic rings. The van der Waals surface area contributed by atoms with E-state index in [9.17, 15) is 4.79 Å². The first-order valence-corrected chi connectivity index (χ1v) is 11.8. The molecule has 2 N–H and O–H groups in total. The third-order valence-corrected chi connectivity index (χ3v) is 6.64. The Bertz CT molecular complexity index is 1170. The lowest BCUT2D eigenvalue weighted by Crippen LogP contribution is -2.27. The Morgan fingerprint density at radius 3 is 2.52 bits per heavy atom. The molecule has 0 atom stereocenters. The van der Waals surface area contributed by atoms with Crippen LogP contribution in [0.2, 0.25) is 0 Å². The molecule has 0 bridgehead atoms. The summed E-state index contributed by atoms with van der Waals surface area (Å²) in [6, 6.07) is 24.2. The Morgan fingerprint density at radius 2 is 1.77 bits per heavy atom. The zero-order chi connectivity index (χ0) is 21.6. The Kier molecular flexibility index (Phi) is 6.99. The first kappa shape index (κ1) is 21.5. The number of aromatic amines is 1. The number of benzene rings is 3. The van der Waals surface area contributed by atoms with Crippen molar-refractivity contribution in [1.82, 2.24) is 10.3 Å². The number of carbonyl (C=O) groups is 1. The van der Waals surface area contributed by atoms with Gasteiger partial charge in [-0.25, -0.2) is 0 Å². The SMILES string of the molecule is COc1ccc(CC(=O)NCCSc2c(-c3ccc(Br)cc3)[nH]c3ccccc23)cc1. The highest BCUT2D eigenvalue weighted by molar-refractivity contribution is 9.10. The number of methoxy groups -OCH3 is 1. The van der Waals surface area contributed by atoms with E-state index in [4.69, 9.17) is 4.74 Å². The minimum absolute atomic E-state index is 0.0258. The second-order valence-corrected chi connectivity index (χ2v) is 9.13. The van der Waals surface area contributed by atoms with Gasteiger partial charge in [0.2, 0.25) is 5.91 Å². The van der Waals surface area contributed by atoms with Crippen molar-refractivity contribution in [2.45, 2.75) is 11.3 Å². The van der Waals surface area contributed by atoms with Crippen LogP contribution in [0.3, 0.4) is 0 Å². The summed E-state index contributed by atoms with van der Waals surface area (Å²) in [7, 11) is 1.63. The Hall–Kier alpha value is -2.70. The second kappa shape index (κ2) is 10.1. The van der Waals surface area contributed by atoms with Gasteiger partial charge in [-0.15, -0.1) is 11.8 Å². The highest BCUT2D eigenvalue weighted by Gasteiger charge is 2.13. The van der Waals surface area contributed by atoms with Gasteiger partial charge in [0.1, 0.15) is 5.75 Å². The number of ether oxygens (including phenoxy) is 1. The number of carbonyl (C=O) groups excluding carboxylic acids is 1. The number of hydrogen-bond acceptors (Lipinski definition) is 3. The van der Waals surface area contributed by atoms with E-state index in [2.05, 4.69) is 68.7 Å². The van der Waals surface area contributed by atoms with Gasteiger partial charge >= 0.3 is 0 Å². The maximum Gasteiger partial charge on any atom is 0.224 e. The minimum atomic E-state index is 0.0258. The number of para-hydroxylation sites is 1. The Morgan fingerprint density at radius 1 is 1.03 bits per heavy atom. The summed E-state index contributed by atoms with van der Waals surface area (Å²) in [5, 5.41) is 4.23. The molecule has 3 aromatic carbocycles. The molecule has 1 aromatic heterocycles. The summed E-state index contributed by atoms with van der Waals surface area (Å²) in [5.74, 6) is 1.61. The zero-order valence-corrected chi connectivity index (χ0v) is 19.6. The van der Waals surface area contributed by atoms with Crippen molar-refractivity contribution >= 4 is 44.5 Å². The number of fused-ring (bicyclic) bond motifs is 1. The molecule has 0 fully saturated rings. The molecule has 0 aliphatic heterocycles. The van der Waals surface area contributed by atoms with Crippen LogP contribution in [-0.2, 0) is 11.2 Å². The molecular formula is C25H23BrN2O2S. The zero-order valence-electron chi connectivity index (χ0n) is 17.2. The fourth-order valence-electron chi connectivity index (χ4n) is 3.42. The lowest BCUT2D eigenvalue weighted by atomic mass is 10.1. The lowest BCUT2D eigenvalue weighted by Gasteiger charge is -2.08. The quantitative estimate of drug-likeness (QED) is 0.231. The first-order valence-electron chi connectivity index (χ1n) is 10.0. The first-order chi connectivity index (χ1) is 15.1. The third-order valence-electron chi connectivity index (χ3n) is 4.99. The van der Waals surface area contributed by atoms with Crippen molar-refractivity contribution in [3.63, 3.8) is 0 Å². The van der Waals surface area contributed by atoms with Crippen LogP contribution in [0.5, 0.6) is 5.75 Å². The van der Waals surface area contributed by atoms with Crippen molar-refractivity contribution in [2.24, 2.45) is 0 Å². The van der Waals surface area contributed by atoms with E-state index in [-0.39, 0.29) is 5.91 Å². The van der Waals surface area contributed by atoms with Gasteiger partial charge in [-0.2, -0.15) is 0 Å². The number of rotatable bonds is 8. The minimum Gasteiger partial charge on any atom is -0.497 e. The van der Waals surface area contributed by atoms with Crippen molar-refractivity contribution in [2.75, 3.05) is 19.4 Å². The molecule has 1 heterocycles. The monoisotopic (exact) mass is 494 g/mol. The van der Waals surface area contributed by atoms with Crippen LogP contribution in [0.4, 0.5) is 0 Å². The number of aromatic nitrogens is 1. The number of hydrogen-bond donors (Lipinski definition) is 2. The predicted octanol–water partition coefficient (Wildman–Crippen LogP) is 6.06. The fourth-order valence-corrected chi connectivity index (χ4v) is 4.74. The van der Waals surface area contributed by atoms with Crippen LogP contribution in [0.1, 0.15) is 5.56 Å². The summed E-state index contributed by atoms with van der Waals surface area (Å²) in [6.45, 7) is 0.610. The van der Waals surface area contributed by atoms with Gasteiger partial charge in [-0.3, -0.25) is 4.79 Å². The van der Waals surface area contributed by atoms with Crippen LogP contribution in [0, 0.1) is 0 Å². The van der Waals surface area contributed by atoms with Gasteiger partial charge in [0.25, 0.3) is 0 Å². The Balaban J connectivity index is 1.40. The molecule has 0 radical (unpaired) electrons. The summed E-state index contributed by atoms with van der Waals surface area (Å²) in [4.78, 5) is 17.1. The smallest absolute Gasteiger partial charge is 0.224 e. The second-order valence-electron chi connectivity index (χ2n) is 7.10. The molecule has 0 aliphatic carbocycles. The van der Waals surface area contributed by atoms with Crippen molar-refractivity contribution in [3.05, 3.63) is 82.8 Å². The van der Waals surface area contributed by atoms with E-state index in [1.54, 1.807) is 18.9 Å². The maximum atomic E-state index is 12.3. The van der Waals surface area contributed by atoms with Crippen LogP contribution >= 0.6 is 27.7 Å². The molecule has 4 rings (SSSR count). The van der Waals surface area contributed by atoms with Crippen LogP contribution < -0.4 is 10.1 Å². The Labute approximate surface area is 194 Å². The van der Waals surface area contributed by atoms with Crippen LogP contribution in [0.15, 0.2) is 82.2 Å². The van der Waals surface area contributed by atoms with Gasteiger partial charge in [0.15, 0.2) is 0 Å². The molecule has 158 valence electrons. The van der Waals surface area contributed by atoms with Gasteiger partial charge in [0.05, 0.1) is 19.2 Å². The third kappa shape index (κ3) is 5.32.